The number of nitrogens with zero attached hydrogens (tertiary/aromatic N) is 1. The molecule has 0 aromatic carbocycles. The first-order chi connectivity index (χ1) is 5.63. The van der Waals surface area contributed by atoms with Crippen molar-refractivity contribution < 1.29 is 9.53 Å². The van der Waals surface area contributed by atoms with Gasteiger partial charge in [0.25, 0.3) is 0 Å². The van der Waals surface area contributed by atoms with Crippen LogP contribution in [-0.2, 0) is 9.53 Å². The van der Waals surface area contributed by atoms with E-state index < -0.39 is 0 Å². The number of hydrogen-bond acceptors (Lipinski definition) is 4. The van der Waals surface area contributed by atoms with Gasteiger partial charge in [-0.15, -0.1) is 0 Å². The van der Waals surface area contributed by atoms with E-state index in [-0.39, 0.29) is 12.0 Å². The molecule has 68 valence electrons. The van der Waals surface area contributed by atoms with Gasteiger partial charge in [-0.1, -0.05) is 12.2 Å². The van der Waals surface area contributed by atoms with Gasteiger partial charge >= 0.3 is 0 Å². The summed E-state index contributed by atoms with van der Waals surface area (Å²) in [7, 11) is 1.77. The van der Waals surface area contributed by atoms with Crippen LogP contribution in [0.5, 0.6) is 0 Å². The highest BCUT2D eigenvalue weighted by molar-refractivity contribution is 7.82. The Hall–Kier alpha value is -0.520. The summed E-state index contributed by atoms with van der Waals surface area (Å²) >= 11 is 4.91. The zero-order chi connectivity index (χ0) is 9.14. The maximum absolute atomic E-state index is 10.9. The normalized spacial score (nSPS) is 22.3. The fourth-order valence-electron chi connectivity index (χ4n) is 1.02. The van der Waals surface area contributed by atoms with Gasteiger partial charge in [0.15, 0.2) is 5.78 Å². The lowest BCUT2D eigenvalue weighted by Gasteiger charge is -2.23. The van der Waals surface area contributed by atoms with Crippen LogP contribution in [0, 0.1) is 0 Å². The second-order valence-electron chi connectivity index (χ2n) is 2.69. The van der Waals surface area contributed by atoms with E-state index in [0.29, 0.717) is 18.3 Å². The van der Waals surface area contributed by atoms with E-state index in [4.69, 9.17) is 17.0 Å². The third-order valence-electron chi connectivity index (χ3n) is 1.75. The summed E-state index contributed by atoms with van der Waals surface area (Å²) in [4.78, 5) is 12.9. The molecule has 1 aliphatic rings. The van der Waals surface area contributed by atoms with Crippen molar-refractivity contribution in [1.82, 2.24) is 10.2 Å². The fourth-order valence-corrected chi connectivity index (χ4v) is 1.14. The molecule has 0 radical (unpaired) electrons. The molecule has 12 heavy (non-hydrogen) atoms. The predicted molar refractivity (Wildman–Crippen MR) is 48.8 cm³/mol. The minimum Gasteiger partial charge on any atom is -0.342 e. The molecule has 1 N–H and O–H groups in total. The molecule has 4 nitrogen and oxygen atoms in total. The second-order valence-corrected chi connectivity index (χ2v) is 3.08. The van der Waals surface area contributed by atoms with Crippen LogP contribution in [0.25, 0.3) is 0 Å². The quantitative estimate of drug-likeness (QED) is 0.605. The maximum Gasteiger partial charge on any atom is 0.187 e. The predicted octanol–water partition coefficient (Wildman–Crippen LogP) is -0.262. The number of carbonyl (C=O) groups is 1. The fraction of sp³-hybridized carbons (Fsp3) is 0.714. The van der Waals surface area contributed by atoms with Crippen molar-refractivity contribution in [2.24, 2.45) is 0 Å². The van der Waals surface area contributed by atoms with Crippen LogP contribution < -0.4 is 5.32 Å². The van der Waals surface area contributed by atoms with Crippen molar-refractivity contribution in [1.29, 1.82) is 0 Å². The molecule has 1 unspecified atom stereocenters. The van der Waals surface area contributed by atoms with Crippen molar-refractivity contribution in [3.05, 3.63) is 0 Å². The summed E-state index contributed by atoms with van der Waals surface area (Å²) in [5.41, 5.74) is 0. The molecule has 0 aromatic rings. The molecule has 1 rings (SSSR count). The average Bonchev–Trinajstić information content (AvgIpc) is 2.53. The number of ketones is 1. The number of hydrogen-bond donors (Lipinski definition) is 1. The number of ether oxygens (including phenoxy) is 1. The third kappa shape index (κ3) is 2.00. The standard InChI is InChI=1S/C7H12N2O2S/c1-5(10)7(12)9(2)6-3-8-4-11-6/h6,8H,3-4H2,1-2H3. The molecule has 1 saturated heterocycles. The van der Waals surface area contributed by atoms with E-state index in [1.165, 1.54) is 6.92 Å². The van der Waals surface area contributed by atoms with Gasteiger partial charge in [-0.2, -0.15) is 0 Å². The van der Waals surface area contributed by atoms with E-state index in [1.54, 1.807) is 11.9 Å². The van der Waals surface area contributed by atoms with Gasteiger partial charge < -0.3 is 9.64 Å². The van der Waals surface area contributed by atoms with Gasteiger partial charge in [0, 0.05) is 20.5 Å². The summed E-state index contributed by atoms with van der Waals surface area (Å²) in [5.74, 6) is -0.0944. The summed E-state index contributed by atoms with van der Waals surface area (Å²) in [6.45, 7) is 2.70. The van der Waals surface area contributed by atoms with Crippen LogP contribution in [0.4, 0.5) is 0 Å². The van der Waals surface area contributed by atoms with Crippen molar-refractivity contribution in [3.8, 4) is 0 Å². The molecular formula is C7H12N2O2S. The Morgan fingerprint density at radius 1 is 1.75 bits per heavy atom. The van der Waals surface area contributed by atoms with Crippen molar-refractivity contribution in [3.63, 3.8) is 0 Å². The molecule has 1 fully saturated rings. The van der Waals surface area contributed by atoms with Crippen LogP contribution in [0.15, 0.2) is 0 Å². The monoisotopic (exact) mass is 188 g/mol. The van der Waals surface area contributed by atoms with Crippen LogP contribution in [0.3, 0.4) is 0 Å². The third-order valence-corrected chi connectivity index (χ3v) is 2.33. The Bertz CT molecular complexity index is 202. The lowest BCUT2D eigenvalue weighted by molar-refractivity contribution is -0.112. The van der Waals surface area contributed by atoms with E-state index >= 15 is 0 Å². The van der Waals surface area contributed by atoms with E-state index in [9.17, 15) is 4.79 Å². The molecule has 0 spiro atoms. The smallest absolute Gasteiger partial charge is 0.187 e. The van der Waals surface area contributed by atoms with Crippen LogP contribution >= 0.6 is 12.2 Å². The maximum atomic E-state index is 10.9. The SMILES string of the molecule is CC(=O)C(=S)N(C)C1CNCO1. The van der Waals surface area contributed by atoms with E-state index in [2.05, 4.69) is 5.32 Å². The number of thiocarbonyl (C=S) groups is 1. The largest absolute Gasteiger partial charge is 0.342 e. The summed E-state index contributed by atoms with van der Waals surface area (Å²) < 4.78 is 5.26. The van der Waals surface area contributed by atoms with Gasteiger partial charge in [-0.05, 0) is 0 Å². The zero-order valence-electron chi connectivity index (χ0n) is 7.16. The van der Waals surface area contributed by atoms with E-state index in [1.807, 2.05) is 0 Å². The molecule has 0 aliphatic carbocycles. The minimum atomic E-state index is -0.0959. The van der Waals surface area contributed by atoms with Crippen molar-refractivity contribution in [2.75, 3.05) is 20.3 Å². The highest BCUT2D eigenvalue weighted by Gasteiger charge is 2.23. The first-order valence-corrected chi connectivity index (χ1v) is 4.14. The second kappa shape index (κ2) is 3.93. The molecular weight excluding hydrogens is 176 g/mol. The van der Waals surface area contributed by atoms with Gasteiger partial charge in [0.2, 0.25) is 0 Å². The Morgan fingerprint density at radius 2 is 2.42 bits per heavy atom. The average molecular weight is 188 g/mol. The molecule has 1 atom stereocenters. The molecule has 0 bridgehead atoms. The van der Waals surface area contributed by atoms with Gasteiger partial charge in [0.05, 0.1) is 6.73 Å². The Kier molecular flexibility index (Phi) is 3.13. The van der Waals surface area contributed by atoms with Crippen molar-refractivity contribution in [2.45, 2.75) is 13.2 Å². The minimum absolute atomic E-state index is 0.0944. The van der Waals surface area contributed by atoms with Crippen molar-refractivity contribution >= 4 is 23.0 Å². The number of rotatable bonds is 2. The lowest BCUT2D eigenvalue weighted by Crippen LogP contribution is -2.41. The van der Waals surface area contributed by atoms with Crippen LogP contribution in [-0.4, -0.2) is 42.2 Å². The highest BCUT2D eigenvalue weighted by atomic mass is 32.1. The number of Topliss-reactive ketones (excluding diaryl/α,β-unsaturated/α-hetero) is 1. The molecule has 5 heteroatoms. The first-order valence-electron chi connectivity index (χ1n) is 3.73. The van der Waals surface area contributed by atoms with Gasteiger partial charge in [0.1, 0.15) is 11.2 Å². The summed E-state index contributed by atoms with van der Waals surface area (Å²) in [6, 6.07) is 0. The molecule has 0 amide bonds. The first kappa shape index (κ1) is 9.57. The van der Waals surface area contributed by atoms with E-state index in [0.717, 1.165) is 0 Å². The Balaban J connectivity index is 2.51. The number of likely N-dealkylation sites (N-methyl/N-ethyl adjacent to an activating group) is 1. The topological polar surface area (TPSA) is 41.6 Å². The van der Waals surface area contributed by atoms with Gasteiger partial charge in [-0.3, -0.25) is 10.1 Å². The Labute approximate surface area is 76.9 Å². The zero-order valence-corrected chi connectivity index (χ0v) is 7.98. The lowest BCUT2D eigenvalue weighted by atomic mass is 10.4. The van der Waals surface area contributed by atoms with Gasteiger partial charge in [-0.25, -0.2) is 0 Å². The molecule has 0 aromatic heterocycles. The molecule has 0 saturated carbocycles. The molecule has 1 heterocycles. The van der Waals surface area contributed by atoms with Crippen LogP contribution in [0.2, 0.25) is 0 Å². The van der Waals surface area contributed by atoms with Crippen LogP contribution in [0.1, 0.15) is 6.92 Å². The summed E-state index contributed by atoms with van der Waals surface area (Å²) in [6.07, 6.45) is -0.0959. The molecule has 1 aliphatic heterocycles. The number of carbonyl (C=O) groups excluding carboxylic acids is 1. The number of nitrogens with one attached hydrogen (secondary N) is 1. The summed E-state index contributed by atoms with van der Waals surface area (Å²) in [5, 5.41) is 3.01. The Morgan fingerprint density at radius 3 is 2.83 bits per heavy atom. The highest BCUT2D eigenvalue weighted by Crippen LogP contribution is 2.04.